The van der Waals surface area contributed by atoms with Crippen molar-refractivity contribution in [2.75, 3.05) is 7.11 Å². The van der Waals surface area contributed by atoms with E-state index >= 15 is 0 Å². The van der Waals surface area contributed by atoms with Crippen LogP contribution in [-0.4, -0.2) is 22.1 Å². The van der Waals surface area contributed by atoms with Crippen molar-refractivity contribution in [2.45, 2.75) is 0 Å². The van der Waals surface area contributed by atoms with Crippen LogP contribution in [-0.2, 0) is 0 Å². The van der Waals surface area contributed by atoms with Crippen LogP contribution in [0.3, 0.4) is 0 Å². The summed E-state index contributed by atoms with van der Waals surface area (Å²) in [7, 11) is 1.57. The van der Waals surface area contributed by atoms with Crippen LogP contribution < -0.4 is 4.74 Å². The van der Waals surface area contributed by atoms with E-state index in [9.17, 15) is 0 Å². The van der Waals surface area contributed by atoms with Gasteiger partial charge in [-0.05, 0) is 6.07 Å². The van der Waals surface area contributed by atoms with Gasteiger partial charge in [0.15, 0.2) is 5.52 Å². The zero-order chi connectivity index (χ0) is 8.39. The number of ether oxygens (including phenoxy) is 1. The Morgan fingerprint density at radius 3 is 2.75 bits per heavy atom. The quantitative estimate of drug-likeness (QED) is 0.626. The number of pyridine rings is 1. The Morgan fingerprint density at radius 1 is 1.08 bits per heavy atom. The summed E-state index contributed by atoms with van der Waals surface area (Å²) in [5, 5.41) is 0. The van der Waals surface area contributed by atoms with Crippen molar-refractivity contribution >= 4 is 11.0 Å². The minimum absolute atomic E-state index is 0.514. The largest absolute Gasteiger partial charge is 0.479 e. The van der Waals surface area contributed by atoms with Gasteiger partial charge in [-0.2, -0.15) is 0 Å². The molecule has 60 valence electrons. The van der Waals surface area contributed by atoms with Crippen molar-refractivity contribution in [3.63, 3.8) is 0 Å². The fourth-order valence-corrected chi connectivity index (χ4v) is 1.02. The molecule has 0 amide bonds. The SMILES string of the molecule is COc1nccc2nccnc12. The van der Waals surface area contributed by atoms with Gasteiger partial charge >= 0.3 is 0 Å². The zero-order valence-corrected chi connectivity index (χ0v) is 6.56. The topological polar surface area (TPSA) is 47.9 Å². The molecule has 2 aromatic rings. The lowest BCUT2D eigenvalue weighted by Gasteiger charge is -2.00. The van der Waals surface area contributed by atoms with E-state index in [4.69, 9.17) is 4.74 Å². The van der Waals surface area contributed by atoms with Crippen LogP contribution in [0.25, 0.3) is 11.0 Å². The maximum Gasteiger partial charge on any atom is 0.241 e. The monoisotopic (exact) mass is 161 g/mol. The first-order valence-corrected chi connectivity index (χ1v) is 3.51. The highest BCUT2D eigenvalue weighted by Gasteiger charge is 2.01. The number of nitrogens with zero attached hydrogens (tertiary/aromatic N) is 3. The standard InChI is InChI=1S/C8H7N3O/c1-12-8-7-6(2-3-11-8)9-4-5-10-7/h2-5H,1H3. The second-order valence-electron chi connectivity index (χ2n) is 2.24. The van der Waals surface area contributed by atoms with Crippen molar-refractivity contribution in [1.29, 1.82) is 0 Å². The second-order valence-corrected chi connectivity index (χ2v) is 2.24. The number of hydrogen-bond acceptors (Lipinski definition) is 4. The molecular formula is C8H7N3O. The molecule has 2 heterocycles. The van der Waals surface area contributed by atoms with Crippen LogP contribution in [0.5, 0.6) is 5.88 Å². The summed E-state index contributed by atoms with van der Waals surface area (Å²) < 4.78 is 5.01. The van der Waals surface area contributed by atoms with Crippen molar-refractivity contribution in [1.82, 2.24) is 15.0 Å². The van der Waals surface area contributed by atoms with Crippen LogP contribution in [0.4, 0.5) is 0 Å². The van der Waals surface area contributed by atoms with E-state index in [1.54, 1.807) is 31.8 Å². The second kappa shape index (κ2) is 2.73. The van der Waals surface area contributed by atoms with Crippen LogP contribution in [0.2, 0.25) is 0 Å². The molecule has 0 aromatic carbocycles. The molecule has 2 rings (SSSR count). The Hall–Kier alpha value is -1.71. The molecule has 0 unspecified atom stereocenters. The molecule has 0 N–H and O–H groups in total. The molecule has 0 spiro atoms. The molecule has 0 aliphatic carbocycles. The van der Waals surface area contributed by atoms with E-state index in [0.29, 0.717) is 11.4 Å². The third-order valence-corrected chi connectivity index (χ3v) is 1.55. The average molecular weight is 161 g/mol. The first-order chi connectivity index (χ1) is 5.92. The summed E-state index contributed by atoms with van der Waals surface area (Å²) >= 11 is 0. The fourth-order valence-electron chi connectivity index (χ4n) is 1.02. The maximum absolute atomic E-state index is 5.01. The minimum Gasteiger partial charge on any atom is -0.479 e. The Kier molecular flexibility index (Phi) is 1.59. The van der Waals surface area contributed by atoms with Gasteiger partial charge in [-0.1, -0.05) is 0 Å². The lowest BCUT2D eigenvalue weighted by Crippen LogP contribution is -1.91. The smallest absolute Gasteiger partial charge is 0.241 e. The molecule has 0 saturated carbocycles. The lowest BCUT2D eigenvalue weighted by atomic mass is 10.4. The van der Waals surface area contributed by atoms with Crippen molar-refractivity contribution in [2.24, 2.45) is 0 Å². The molecule has 2 aromatic heterocycles. The van der Waals surface area contributed by atoms with Crippen molar-refractivity contribution < 1.29 is 4.74 Å². The predicted octanol–water partition coefficient (Wildman–Crippen LogP) is 1.03. The fraction of sp³-hybridized carbons (Fsp3) is 0.125. The average Bonchev–Trinajstić information content (AvgIpc) is 2.17. The van der Waals surface area contributed by atoms with E-state index in [0.717, 1.165) is 5.52 Å². The molecule has 0 bridgehead atoms. The third kappa shape index (κ3) is 0.972. The van der Waals surface area contributed by atoms with E-state index in [2.05, 4.69) is 15.0 Å². The zero-order valence-electron chi connectivity index (χ0n) is 6.56. The molecule has 0 radical (unpaired) electrons. The summed E-state index contributed by atoms with van der Waals surface area (Å²) in [4.78, 5) is 12.2. The van der Waals surface area contributed by atoms with E-state index in [-0.39, 0.29) is 0 Å². The lowest BCUT2D eigenvalue weighted by molar-refractivity contribution is 0.402. The highest BCUT2D eigenvalue weighted by Crippen LogP contribution is 2.16. The summed E-state index contributed by atoms with van der Waals surface area (Å²) in [5.41, 5.74) is 1.49. The predicted molar refractivity (Wildman–Crippen MR) is 43.9 cm³/mol. The van der Waals surface area contributed by atoms with Gasteiger partial charge < -0.3 is 4.74 Å². The highest BCUT2D eigenvalue weighted by atomic mass is 16.5. The summed E-state index contributed by atoms with van der Waals surface area (Å²) in [6.07, 6.45) is 4.91. The van der Waals surface area contributed by atoms with E-state index in [1.807, 2.05) is 0 Å². The van der Waals surface area contributed by atoms with Gasteiger partial charge in [-0.25, -0.2) is 9.97 Å². The van der Waals surface area contributed by atoms with E-state index < -0.39 is 0 Å². The Bertz CT molecular complexity index is 397. The molecule has 0 fully saturated rings. The number of methoxy groups -OCH3 is 1. The highest BCUT2D eigenvalue weighted by molar-refractivity contribution is 5.78. The summed E-state index contributed by atoms with van der Waals surface area (Å²) in [5.74, 6) is 0.514. The Balaban J connectivity index is 2.79. The van der Waals surface area contributed by atoms with Gasteiger partial charge in [-0.15, -0.1) is 0 Å². The molecule has 0 aliphatic rings. The molecule has 4 heteroatoms. The molecular weight excluding hydrogens is 154 g/mol. The van der Waals surface area contributed by atoms with Crippen LogP contribution in [0, 0.1) is 0 Å². The Morgan fingerprint density at radius 2 is 1.92 bits per heavy atom. The van der Waals surface area contributed by atoms with Gasteiger partial charge in [-0.3, -0.25) is 4.98 Å². The van der Waals surface area contributed by atoms with Crippen LogP contribution >= 0.6 is 0 Å². The van der Waals surface area contributed by atoms with Gasteiger partial charge in [0.2, 0.25) is 5.88 Å². The van der Waals surface area contributed by atoms with Crippen LogP contribution in [0.1, 0.15) is 0 Å². The van der Waals surface area contributed by atoms with Gasteiger partial charge in [0, 0.05) is 18.6 Å². The van der Waals surface area contributed by atoms with Gasteiger partial charge in [0.25, 0.3) is 0 Å². The first kappa shape index (κ1) is 6.97. The van der Waals surface area contributed by atoms with E-state index in [1.165, 1.54) is 0 Å². The van der Waals surface area contributed by atoms with Crippen LogP contribution in [0.15, 0.2) is 24.7 Å². The molecule has 12 heavy (non-hydrogen) atoms. The Labute approximate surface area is 69.3 Å². The third-order valence-electron chi connectivity index (χ3n) is 1.55. The summed E-state index contributed by atoms with van der Waals surface area (Å²) in [6, 6.07) is 1.80. The van der Waals surface area contributed by atoms with Crippen molar-refractivity contribution in [3.05, 3.63) is 24.7 Å². The first-order valence-electron chi connectivity index (χ1n) is 3.51. The molecule has 0 aliphatic heterocycles. The normalized spacial score (nSPS) is 10.1. The molecule has 4 nitrogen and oxygen atoms in total. The number of fused-ring (bicyclic) bond motifs is 1. The number of aromatic nitrogens is 3. The molecule has 0 saturated heterocycles. The minimum atomic E-state index is 0.514. The summed E-state index contributed by atoms with van der Waals surface area (Å²) in [6.45, 7) is 0. The van der Waals surface area contributed by atoms with Gasteiger partial charge in [0.1, 0.15) is 0 Å². The number of rotatable bonds is 1. The number of hydrogen-bond donors (Lipinski definition) is 0. The van der Waals surface area contributed by atoms with Crippen molar-refractivity contribution in [3.8, 4) is 5.88 Å². The van der Waals surface area contributed by atoms with Gasteiger partial charge in [0.05, 0.1) is 12.6 Å². The maximum atomic E-state index is 5.01. The molecule has 0 atom stereocenters.